The van der Waals surface area contributed by atoms with Crippen LogP contribution in [0.5, 0.6) is 0 Å². The second-order valence-corrected chi connectivity index (χ2v) is 12.4. The molecule has 1 aromatic rings. The molecule has 5 aliphatic rings. The summed E-state index contributed by atoms with van der Waals surface area (Å²) in [4.78, 5) is 35.5. The Bertz CT molecular complexity index is 1090. The Kier molecular flexibility index (Phi) is 5.10. The molecule has 7 nitrogen and oxygen atoms in total. The molecule has 6 rings (SSSR count). The van der Waals surface area contributed by atoms with E-state index in [1.54, 1.807) is 13.2 Å². The first-order chi connectivity index (χ1) is 16.6. The maximum atomic E-state index is 12.2. The van der Waals surface area contributed by atoms with Gasteiger partial charge < -0.3 is 19.2 Å². The van der Waals surface area contributed by atoms with E-state index >= 15 is 0 Å². The van der Waals surface area contributed by atoms with Gasteiger partial charge in [-0.3, -0.25) is 9.59 Å². The highest BCUT2D eigenvalue weighted by Crippen LogP contribution is 2.78. The molecule has 10 atom stereocenters. The zero-order valence-corrected chi connectivity index (χ0v) is 21.2. The maximum Gasteiger partial charge on any atom is 0.335 e. The molecule has 1 spiro atoms. The number of epoxide rings is 1. The summed E-state index contributed by atoms with van der Waals surface area (Å²) >= 11 is 0. The molecule has 7 heteroatoms. The summed E-state index contributed by atoms with van der Waals surface area (Å²) in [5.74, 6) is 1.30. The fourth-order valence-electron chi connectivity index (χ4n) is 9.54. The van der Waals surface area contributed by atoms with E-state index in [-0.39, 0.29) is 58.1 Å². The third-order valence-corrected chi connectivity index (χ3v) is 10.9. The van der Waals surface area contributed by atoms with E-state index in [1.807, 2.05) is 6.07 Å². The van der Waals surface area contributed by atoms with Gasteiger partial charge in [0.25, 0.3) is 0 Å². The summed E-state index contributed by atoms with van der Waals surface area (Å²) in [6.07, 6.45) is 8.66. The minimum absolute atomic E-state index is 0.0588. The van der Waals surface area contributed by atoms with Crippen LogP contribution in [0.25, 0.3) is 0 Å². The summed E-state index contributed by atoms with van der Waals surface area (Å²) in [7, 11) is 0. The normalized spacial score (nSPS) is 47.5. The van der Waals surface area contributed by atoms with Crippen molar-refractivity contribution in [3.8, 4) is 0 Å². The predicted octanol–water partition coefficient (Wildman–Crippen LogP) is 3.94. The molecule has 4 aliphatic carbocycles. The summed E-state index contributed by atoms with van der Waals surface area (Å²) in [5, 5.41) is 3.17. The quantitative estimate of drug-likeness (QED) is 0.517. The molecule has 0 bridgehead atoms. The number of esters is 1. The number of carbonyl (C=O) groups excluding carboxylic acids is 2. The molecule has 1 saturated heterocycles. The molecule has 1 aliphatic heterocycles. The molecular formula is C28H37NO6. The number of fused-ring (bicyclic) bond motifs is 3. The Morgan fingerprint density at radius 1 is 1.06 bits per heavy atom. The molecule has 5 fully saturated rings. The van der Waals surface area contributed by atoms with E-state index < -0.39 is 0 Å². The van der Waals surface area contributed by atoms with Gasteiger partial charge >= 0.3 is 11.6 Å². The lowest BCUT2D eigenvalue weighted by Crippen LogP contribution is -2.59. The van der Waals surface area contributed by atoms with Crippen LogP contribution in [-0.2, 0) is 19.1 Å². The summed E-state index contributed by atoms with van der Waals surface area (Å²) in [6.45, 7) is 7.87. The second kappa shape index (κ2) is 7.67. The fraction of sp³-hybridized carbons (Fsp3) is 0.750. The number of hydrogen-bond donors (Lipinski definition) is 1. The average molecular weight is 484 g/mol. The van der Waals surface area contributed by atoms with Gasteiger partial charge in [0.1, 0.15) is 17.8 Å². The van der Waals surface area contributed by atoms with Gasteiger partial charge in [0.15, 0.2) is 0 Å². The van der Waals surface area contributed by atoms with Crippen LogP contribution in [0.3, 0.4) is 0 Å². The number of rotatable bonds is 3. The predicted molar refractivity (Wildman–Crippen MR) is 127 cm³/mol. The van der Waals surface area contributed by atoms with Crippen molar-refractivity contribution >= 4 is 11.9 Å². The number of amides is 1. The second-order valence-electron chi connectivity index (χ2n) is 12.4. The van der Waals surface area contributed by atoms with Gasteiger partial charge in [-0.2, -0.15) is 0 Å². The van der Waals surface area contributed by atoms with E-state index in [2.05, 4.69) is 19.2 Å². The Hall–Kier alpha value is -2.15. The lowest BCUT2D eigenvalue weighted by molar-refractivity contribution is -0.156. The van der Waals surface area contributed by atoms with Crippen molar-refractivity contribution in [2.45, 2.75) is 102 Å². The summed E-state index contributed by atoms with van der Waals surface area (Å²) in [6, 6.07) is 3.59. The van der Waals surface area contributed by atoms with Crippen molar-refractivity contribution in [2.75, 3.05) is 0 Å². The van der Waals surface area contributed by atoms with E-state index in [1.165, 1.54) is 13.0 Å². The summed E-state index contributed by atoms with van der Waals surface area (Å²) in [5.41, 5.74) is 0.276. The minimum atomic E-state index is -0.373. The van der Waals surface area contributed by atoms with Crippen molar-refractivity contribution in [1.82, 2.24) is 5.32 Å². The molecule has 1 N–H and O–H groups in total. The zero-order chi connectivity index (χ0) is 24.8. The van der Waals surface area contributed by atoms with E-state index in [9.17, 15) is 14.4 Å². The Morgan fingerprint density at radius 2 is 1.86 bits per heavy atom. The SMILES string of the molecule is CC(=O)N[C@@H]1CC[C@@]2(C)[C@H](CC[C@@H]3[C@@H]2CC[C@]2(C)[C@@H](c4ccc(=O)oc4)[C@@H](OC(C)=O)[C@H]4O[C@]342)C1. The van der Waals surface area contributed by atoms with Crippen LogP contribution < -0.4 is 10.9 Å². The van der Waals surface area contributed by atoms with Crippen molar-refractivity contribution in [1.29, 1.82) is 0 Å². The monoisotopic (exact) mass is 483 g/mol. The molecule has 0 radical (unpaired) electrons. The van der Waals surface area contributed by atoms with Crippen LogP contribution in [0.1, 0.15) is 84.1 Å². The van der Waals surface area contributed by atoms with Crippen LogP contribution >= 0.6 is 0 Å². The number of hydrogen-bond acceptors (Lipinski definition) is 6. The van der Waals surface area contributed by atoms with E-state index in [4.69, 9.17) is 13.9 Å². The average Bonchev–Trinajstić information content (AvgIpc) is 3.49. The first kappa shape index (κ1) is 23.3. The van der Waals surface area contributed by atoms with Crippen LogP contribution in [0, 0.1) is 28.6 Å². The molecule has 0 aromatic carbocycles. The standard InChI is InChI=1S/C28H37NO6/c1-15(30)29-19-9-11-26(3)18(13-19)6-7-21-20(26)10-12-27(4)23(17-5-8-22(32)33-14-17)24(34-16(2)31)25-28(21,27)35-25/h5,8,14,18-21,23-25H,6-7,9-13H2,1-4H3,(H,29,30)/t18-,19-,20+,21-,23+,24-,25-,26+,27-,28-/m1/s1. The molecular weight excluding hydrogens is 446 g/mol. The Labute approximate surface area is 206 Å². The van der Waals surface area contributed by atoms with Gasteiger partial charge in [-0.1, -0.05) is 13.8 Å². The van der Waals surface area contributed by atoms with Gasteiger partial charge in [-0.25, -0.2) is 4.79 Å². The molecule has 1 aromatic heterocycles. The Morgan fingerprint density at radius 3 is 2.54 bits per heavy atom. The highest BCUT2D eigenvalue weighted by molar-refractivity contribution is 5.73. The van der Waals surface area contributed by atoms with Gasteiger partial charge in [-0.15, -0.1) is 0 Å². The summed E-state index contributed by atoms with van der Waals surface area (Å²) < 4.78 is 17.9. The van der Waals surface area contributed by atoms with Gasteiger partial charge in [0, 0.05) is 37.3 Å². The molecule has 0 unspecified atom stereocenters. The van der Waals surface area contributed by atoms with Crippen LogP contribution in [0.4, 0.5) is 0 Å². The molecule has 4 saturated carbocycles. The zero-order valence-electron chi connectivity index (χ0n) is 21.2. The van der Waals surface area contributed by atoms with E-state index in [0.29, 0.717) is 17.8 Å². The highest BCUT2D eigenvalue weighted by atomic mass is 16.7. The van der Waals surface area contributed by atoms with Crippen molar-refractivity contribution in [2.24, 2.45) is 28.6 Å². The third kappa shape index (κ3) is 3.15. The molecule has 2 heterocycles. The highest BCUT2D eigenvalue weighted by Gasteiger charge is 2.84. The minimum Gasteiger partial charge on any atom is -0.459 e. The lowest BCUT2D eigenvalue weighted by Gasteiger charge is -2.61. The maximum absolute atomic E-state index is 12.2. The van der Waals surface area contributed by atoms with Crippen molar-refractivity contribution in [3.63, 3.8) is 0 Å². The van der Waals surface area contributed by atoms with Crippen molar-refractivity contribution < 1.29 is 23.5 Å². The van der Waals surface area contributed by atoms with Crippen LogP contribution in [0.2, 0.25) is 0 Å². The largest absolute Gasteiger partial charge is 0.459 e. The lowest BCUT2D eigenvalue weighted by atomic mass is 9.44. The Balaban J connectivity index is 1.34. The topological polar surface area (TPSA) is 98.1 Å². The van der Waals surface area contributed by atoms with Gasteiger partial charge in [0.05, 0.1) is 6.26 Å². The molecule has 35 heavy (non-hydrogen) atoms. The molecule has 190 valence electrons. The smallest absolute Gasteiger partial charge is 0.335 e. The van der Waals surface area contributed by atoms with Crippen LogP contribution in [-0.4, -0.2) is 35.7 Å². The fourth-order valence-corrected chi connectivity index (χ4v) is 9.54. The van der Waals surface area contributed by atoms with Gasteiger partial charge in [0.2, 0.25) is 5.91 Å². The number of nitrogens with one attached hydrogen (secondary N) is 1. The molecule has 1 amide bonds. The van der Waals surface area contributed by atoms with E-state index in [0.717, 1.165) is 50.5 Å². The van der Waals surface area contributed by atoms with Crippen LogP contribution in [0.15, 0.2) is 27.6 Å². The van der Waals surface area contributed by atoms with Crippen molar-refractivity contribution in [3.05, 3.63) is 34.4 Å². The number of ether oxygens (including phenoxy) is 2. The first-order valence-corrected chi connectivity index (χ1v) is 13.3. The third-order valence-electron chi connectivity index (χ3n) is 10.9. The first-order valence-electron chi connectivity index (χ1n) is 13.3. The van der Waals surface area contributed by atoms with Gasteiger partial charge in [-0.05, 0) is 79.7 Å². The number of carbonyl (C=O) groups is 2.